The zero-order chi connectivity index (χ0) is 12.4. The topological polar surface area (TPSA) is 64.1 Å². The fraction of sp³-hybridized carbons (Fsp3) is 0.417. The van der Waals surface area contributed by atoms with Crippen molar-refractivity contribution in [3.05, 3.63) is 29.0 Å². The van der Waals surface area contributed by atoms with E-state index < -0.39 is 0 Å². The van der Waals surface area contributed by atoms with Crippen LogP contribution in [-0.4, -0.2) is 21.3 Å². The van der Waals surface area contributed by atoms with E-state index in [9.17, 15) is 0 Å². The molecule has 0 aliphatic heterocycles. The molecule has 0 radical (unpaired) electrons. The molecular formula is C12H16ClN3O. The van der Waals surface area contributed by atoms with E-state index in [0.29, 0.717) is 18.0 Å². The van der Waals surface area contributed by atoms with Gasteiger partial charge in [-0.3, -0.25) is 0 Å². The lowest BCUT2D eigenvalue weighted by molar-refractivity contribution is 0.279. The third kappa shape index (κ3) is 2.44. The maximum absolute atomic E-state index is 8.92. The Hall–Kier alpha value is -1.10. The van der Waals surface area contributed by atoms with Crippen molar-refractivity contribution in [1.82, 2.24) is 9.55 Å². The second-order valence-electron chi connectivity index (χ2n) is 4.12. The van der Waals surface area contributed by atoms with Gasteiger partial charge in [0.15, 0.2) is 0 Å². The monoisotopic (exact) mass is 253 g/mol. The number of imidazole rings is 1. The van der Waals surface area contributed by atoms with Crippen molar-refractivity contribution in [2.75, 3.05) is 6.61 Å². The number of nitrogens with zero attached hydrogens (tertiary/aromatic N) is 2. The quantitative estimate of drug-likeness (QED) is 0.877. The number of benzene rings is 1. The molecule has 0 spiro atoms. The fourth-order valence-corrected chi connectivity index (χ4v) is 2.10. The Bertz CT molecular complexity index is 522. The molecular weight excluding hydrogens is 238 g/mol. The van der Waals surface area contributed by atoms with Crippen LogP contribution in [0.25, 0.3) is 11.0 Å². The van der Waals surface area contributed by atoms with E-state index >= 15 is 0 Å². The average Bonchev–Trinajstić information content (AvgIpc) is 2.64. The molecule has 0 bridgehead atoms. The van der Waals surface area contributed by atoms with Crippen LogP contribution < -0.4 is 5.73 Å². The van der Waals surface area contributed by atoms with Gasteiger partial charge in [0, 0.05) is 18.2 Å². The van der Waals surface area contributed by atoms with Gasteiger partial charge in [0.1, 0.15) is 5.82 Å². The predicted molar refractivity (Wildman–Crippen MR) is 69.0 cm³/mol. The van der Waals surface area contributed by atoms with Gasteiger partial charge in [-0.2, -0.15) is 0 Å². The van der Waals surface area contributed by atoms with Gasteiger partial charge >= 0.3 is 0 Å². The summed E-state index contributed by atoms with van der Waals surface area (Å²) in [6.45, 7) is 2.77. The molecule has 0 fully saturated rings. The molecule has 0 amide bonds. The predicted octanol–water partition coefficient (Wildman–Crippen LogP) is 2.09. The van der Waals surface area contributed by atoms with Gasteiger partial charge in [-0.05, 0) is 31.5 Å². The molecule has 4 nitrogen and oxygen atoms in total. The molecule has 1 atom stereocenters. The number of aryl methyl sites for hydroxylation is 1. The number of hydrogen-bond donors (Lipinski definition) is 2. The number of aliphatic hydroxyl groups excluding tert-OH is 1. The Balaban J connectivity index is 2.54. The summed E-state index contributed by atoms with van der Waals surface area (Å²) in [6.07, 6.45) is 0.688. The first-order valence-electron chi connectivity index (χ1n) is 5.65. The van der Waals surface area contributed by atoms with Crippen molar-refractivity contribution in [3.63, 3.8) is 0 Å². The van der Waals surface area contributed by atoms with Crippen LogP contribution in [0, 0.1) is 0 Å². The third-order valence-electron chi connectivity index (χ3n) is 2.69. The minimum Gasteiger partial charge on any atom is -0.396 e. The summed E-state index contributed by atoms with van der Waals surface area (Å²) >= 11 is 5.94. The summed E-state index contributed by atoms with van der Waals surface area (Å²) in [7, 11) is 0. The SMILES string of the molecule is CC(N)c1nc2cc(Cl)ccc2n1CCCO. The third-order valence-corrected chi connectivity index (χ3v) is 2.92. The molecule has 1 heterocycles. The molecule has 3 N–H and O–H groups in total. The summed E-state index contributed by atoms with van der Waals surface area (Å²) in [6, 6.07) is 5.47. The minimum absolute atomic E-state index is 0.139. The molecule has 2 aromatic rings. The summed E-state index contributed by atoms with van der Waals surface area (Å²) < 4.78 is 2.05. The van der Waals surface area contributed by atoms with Gasteiger partial charge in [-0.25, -0.2) is 4.98 Å². The molecule has 1 unspecified atom stereocenters. The highest BCUT2D eigenvalue weighted by Crippen LogP contribution is 2.23. The number of nitrogens with two attached hydrogens (primary N) is 1. The highest BCUT2D eigenvalue weighted by molar-refractivity contribution is 6.31. The van der Waals surface area contributed by atoms with Crippen LogP contribution >= 0.6 is 11.6 Å². The number of halogens is 1. The zero-order valence-electron chi connectivity index (χ0n) is 9.73. The lowest BCUT2D eigenvalue weighted by Crippen LogP contribution is -2.14. The molecule has 2 rings (SSSR count). The van der Waals surface area contributed by atoms with Crippen LogP contribution in [-0.2, 0) is 6.54 Å². The number of aromatic nitrogens is 2. The van der Waals surface area contributed by atoms with Gasteiger partial charge in [-0.15, -0.1) is 0 Å². The first-order chi connectivity index (χ1) is 8.13. The number of fused-ring (bicyclic) bond motifs is 1. The Morgan fingerprint density at radius 3 is 2.94 bits per heavy atom. The number of aliphatic hydroxyl groups is 1. The Morgan fingerprint density at radius 1 is 1.53 bits per heavy atom. The molecule has 1 aromatic heterocycles. The Kier molecular flexibility index (Phi) is 3.66. The van der Waals surface area contributed by atoms with Crippen LogP contribution in [0.3, 0.4) is 0 Å². The summed E-state index contributed by atoms with van der Waals surface area (Å²) in [5, 5.41) is 9.59. The molecule has 5 heteroatoms. The number of rotatable bonds is 4. The van der Waals surface area contributed by atoms with Gasteiger partial charge in [-0.1, -0.05) is 11.6 Å². The zero-order valence-corrected chi connectivity index (χ0v) is 10.5. The van der Waals surface area contributed by atoms with E-state index in [1.54, 1.807) is 0 Å². The largest absolute Gasteiger partial charge is 0.396 e. The van der Waals surface area contributed by atoms with E-state index in [2.05, 4.69) is 4.98 Å². The van der Waals surface area contributed by atoms with Crippen molar-refractivity contribution >= 4 is 22.6 Å². The highest BCUT2D eigenvalue weighted by atomic mass is 35.5. The second kappa shape index (κ2) is 5.04. The Morgan fingerprint density at radius 2 is 2.29 bits per heavy atom. The normalized spacial score (nSPS) is 13.2. The second-order valence-corrected chi connectivity index (χ2v) is 4.56. The van der Waals surface area contributed by atoms with E-state index in [-0.39, 0.29) is 12.6 Å². The standard InChI is InChI=1S/C12H16ClN3O/c1-8(14)12-15-10-7-9(13)3-4-11(10)16(12)5-2-6-17/h3-4,7-8,17H,2,5-6,14H2,1H3. The smallest absolute Gasteiger partial charge is 0.126 e. The molecule has 0 aliphatic rings. The molecule has 0 saturated heterocycles. The molecule has 0 saturated carbocycles. The number of hydrogen-bond acceptors (Lipinski definition) is 3. The van der Waals surface area contributed by atoms with Crippen LogP contribution in [0.2, 0.25) is 5.02 Å². The Labute approximate surface area is 105 Å². The summed E-state index contributed by atoms with van der Waals surface area (Å²) in [5.41, 5.74) is 7.77. The summed E-state index contributed by atoms with van der Waals surface area (Å²) in [5.74, 6) is 0.829. The van der Waals surface area contributed by atoms with Gasteiger partial charge in [0.25, 0.3) is 0 Å². The van der Waals surface area contributed by atoms with E-state index in [1.807, 2.05) is 29.7 Å². The van der Waals surface area contributed by atoms with Crippen molar-refractivity contribution in [2.45, 2.75) is 25.9 Å². The van der Waals surface area contributed by atoms with Crippen LogP contribution in [0.1, 0.15) is 25.2 Å². The van der Waals surface area contributed by atoms with Crippen LogP contribution in [0.15, 0.2) is 18.2 Å². The maximum Gasteiger partial charge on any atom is 0.126 e. The molecule has 92 valence electrons. The molecule has 17 heavy (non-hydrogen) atoms. The lowest BCUT2D eigenvalue weighted by Gasteiger charge is -2.10. The molecule has 0 aliphatic carbocycles. The van der Waals surface area contributed by atoms with Crippen molar-refractivity contribution in [2.24, 2.45) is 5.73 Å². The van der Waals surface area contributed by atoms with Crippen LogP contribution in [0.4, 0.5) is 0 Å². The van der Waals surface area contributed by atoms with E-state index in [0.717, 1.165) is 16.9 Å². The van der Waals surface area contributed by atoms with Crippen LogP contribution in [0.5, 0.6) is 0 Å². The van der Waals surface area contributed by atoms with Gasteiger partial charge in [0.05, 0.1) is 17.1 Å². The van der Waals surface area contributed by atoms with Crippen molar-refractivity contribution in [3.8, 4) is 0 Å². The van der Waals surface area contributed by atoms with Crippen molar-refractivity contribution < 1.29 is 5.11 Å². The summed E-state index contributed by atoms with van der Waals surface area (Å²) in [4.78, 5) is 4.50. The lowest BCUT2D eigenvalue weighted by atomic mass is 10.3. The first kappa shape index (κ1) is 12.4. The first-order valence-corrected chi connectivity index (χ1v) is 6.03. The van der Waals surface area contributed by atoms with Gasteiger partial charge in [0.2, 0.25) is 0 Å². The average molecular weight is 254 g/mol. The highest BCUT2D eigenvalue weighted by Gasteiger charge is 2.13. The van der Waals surface area contributed by atoms with Gasteiger partial charge < -0.3 is 15.4 Å². The van der Waals surface area contributed by atoms with Crippen molar-refractivity contribution in [1.29, 1.82) is 0 Å². The molecule has 1 aromatic carbocycles. The fourth-order valence-electron chi connectivity index (χ4n) is 1.93. The van der Waals surface area contributed by atoms with E-state index in [1.165, 1.54) is 0 Å². The van der Waals surface area contributed by atoms with E-state index in [4.69, 9.17) is 22.4 Å². The maximum atomic E-state index is 8.92. The minimum atomic E-state index is -0.139.